The molecule has 1 amide bonds. The molecule has 0 bridgehead atoms. The molecule has 1 aliphatic heterocycles. The fraction of sp³-hybridized carbons (Fsp3) is 0.297. The predicted molar refractivity (Wildman–Crippen MR) is 181 cm³/mol. The third kappa shape index (κ3) is 6.37. The lowest BCUT2D eigenvalue weighted by molar-refractivity contribution is -0.117. The molecule has 6 rings (SSSR count). The molecule has 0 saturated heterocycles. The average molecular weight is 604 g/mol. The summed E-state index contributed by atoms with van der Waals surface area (Å²) in [5, 5.41) is 9.90. The largest absolute Gasteiger partial charge is 0.497 e. The number of nitrogens with one attached hydrogen (secondary N) is 1. The van der Waals surface area contributed by atoms with Crippen LogP contribution in [0.1, 0.15) is 25.1 Å². The summed E-state index contributed by atoms with van der Waals surface area (Å²) in [6.07, 6.45) is 0.573. The Bertz CT molecular complexity index is 1750. The average Bonchev–Trinajstić information content (AvgIpc) is 3.31. The molecular weight excluding hydrogens is 562 g/mol. The highest BCUT2D eigenvalue weighted by atomic mass is 16.5. The van der Waals surface area contributed by atoms with Gasteiger partial charge in [0.25, 0.3) is 0 Å². The fourth-order valence-corrected chi connectivity index (χ4v) is 6.33. The second-order valence-corrected chi connectivity index (χ2v) is 12.0. The van der Waals surface area contributed by atoms with Gasteiger partial charge < -0.3 is 24.6 Å². The first-order valence-corrected chi connectivity index (χ1v) is 15.5. The molecule has 4 aromatic carbocycles. The van der Waals surface area contributed by atoms with E-state index in [9.17, 15) is 4.79 Å². The quantitative estimate of drug-likeness (QED) is 0.199. The Kier molecular flexibility index (Phi) is 8.76. The molecule has 1 atom stereocenters. The van der Waals surface area contributed by atoms with Crippen LogP contribution in [-0.2, 0) is 22.5 Å². The van der Waals surface area contributed by atoms with Gasteiger partial charge in [-0.15, -0.1) is 0 Å². The summed E-state index contributed by atoms with van der Waals surface area (Å²) < 4.78 is 13.8. The van der Waals surface area contributed by atoms with E-state index in [0.29, 0.717) is 26.1 Å². The first-order chi connectivity index (χ1) is 21.9. The van der Waals surface area contributed by atoms with Crippen molar-refractivity contribution in [2.45, 2.75) is 38.5 Å². The van der Waals surface area contributed by atoms with Gasteiger partial charge in [-0.25, -0.2) is 0 Å². The van der Waals surface area contributed by atoms with Crippen molar-refractivity contribution in [1.82, 2.24) is 9.78 Å². The lowest BCUT2D eigenvalue weighted by atomic mass is 9.95. The number of hydrogen-bond donors (Lipinski definition) is 1. The van der Waals surface area contributed by atoms with E-state index in [4.69, 9.17) is 14.6 Å². The lowest BCUT2D eigenvalue weighted by Crippen LogP contribution is -2.52. The van der Waals surface area contributed by atoms with E-state index in [0.717, 1.165) is 39.4 Å². The summed E-state index contributed by atoms with van der Waals surface area (Å²) in [6.45, 7) is 6.02. The number of benzene rings is 4. The van der Waals surface area contributed by atoms with Crippen LogP contribution in [0.25, 0.3) is 10.9 Å². The van der Waals surface area contributed by atoms with E-state index >= 15 is 0 Å². The first-order valence-electron chi connectivity index (χ1n) is 15.5. The number of amides is 1. The molecular formula is C37H41N5O3. The second kappa shape index (κ2) is 13.0. The minimum atomic E-state index is -0.656. The van der Waals surface area contributed by atoms with Crippen molar-refractivity contribution in [1.29, 1.82) is 0 Å². The van der Waals surface area contributed by atoms with Gasteiger partial charge in [0.05, 0.1) is 42.8 Å². The number of anilines is 3. The van der Waals surface area contributed by atoms with Crippen molar-refractivity contribution in [2.75, 3.05) is 49.0 Å². The number of ether oxygens (including phenoxy) is 2. The maximum Gasteiger partial charge on any atom is 0.246 e. The number of carbonyl (C=O) groups is 1. The van der Waals surface area contributed by atoms with E-state index in [1.807, 2.05) is 61.2 Å². The van der Waals surface area contributed by atoms with E-state index in [1.165, 1.54) is 5.56 Å². The van der Waals surface area contributed by atoms with Crippen LogP contribution >= 0.6 is 0 Å². The summed E-state index contributed by atoms with van der Waals surface area (Å²) in [5.41, 5.74) is 5.39. The molecule has 1 unspecified atom stereocenters. The fourth-order valence-electron chi connectivity index (χ4n) is 6.33. The summed E-state index contributed by atoms with van der Waals surface area (Å²) in [7, 11) is 3.41. The Hall–Kier alpha value is -4.82. The maximum absolute atomic E-state index is 14.1. The number of para-hydroxylation sites is 3. The van der Waals surface area contributed by atoms with Crippen molar-refractivity contribution in [3.05, 3.63) is 114 Å². The predicted octanol–water partition coefficient (Wildman–Crippen LogP) is 6.39. The number of nitrogens with zero attached hydrogens (tertiary/aromatic N) is 4. The molecule has 1 aliphatic rings. The van der Waals surface area contributed by atoms with E-state index in [1.54, 1.807) is 14.2 Å². The number of carbonyl (C=O) groups excluding carboxylic acids is 1. The van der Waals surface area contributed by atoms with Gasteiger partial charge in [0.1, 0.15) is 11.4 Å². The Morgan fingerprint density at radius 2 is 1.64 bits per heavy atom. The highest BCUT2D eigenvalue weighted by molar-refractivity contribution is 5.97. The van der Waals surface area contributed by atoms with Crippen LogP contribution in [0.5, 0.6) is 5.75 Å². The highest BCUT2D eigenvalue weighted by Crippen LogP contribution is 2.35. The second-order valence-electron chi connectivity index (χ2n) is 12.0. The SMILES string of the molecule is COc1ccc(N(C(=O)CN2CC(Cc3nn(Cc4ccccc4)c4ccccc34)(OC)CNc3ccccc32)C(C)C)cc1. The molecule has 0 spiro atoms. The number of fused-ring (bicyclic) bond motifs is 2. The molecule has 45 heavy (non-hydrogen) atoms. The van der Waals surface area contributed by atoms with Crippen LogP contribution in [0.4, 0.5) is 17.1 Å². The number of hydrogen-bond acceptors (Lipinski definition) is 6. The summed E-state index contributed by atoms with van der Waals surface area (Å²) in [5.74, 6) is 0.764. The van der Waals surface area contributed by atoms with Crippen LogP contribution in [0.3, 0.4) is 0 Å². The van der Waals surface area contributed by atoms with Gasteiger partial charge in [0.2, 0.25) is 5.91 Å². The van der Waals surface area contributed by atoms with Gasteiger partial charge >= 0.3 is 0 Å². The Labute approximate surface area is 265 Å². The van der Waals surface area contributed by atoms with E-state index < -0.39 is 5.60 Å². The first kappa shape index (κ1) is 30.2. The molecule has 0 saturated carbocycles. The molecule has 2 heterocycles. The van der Waals surface area contributed by atoms with Gasteiger partial charge in [-0.05, 0) is 61.9 Å². The Morgan fingerprint density at radius 1 is 0.933 bits per heavy atom. The molecule has 232 valence electrons. The maximum atomic E-state index is 14.1. The number of methoxy groups -OCH3 is 2. The molecule has 0 radical (unpaired) electrons. The third-order valence-corrected chi connectivity index (χ3v) is 8.62. The van der Waals surface area contributed by atoms with Crippen LogP contribution in [-0.4, -0.2) is 61.2 Å². The molecule has 8 heteroatoms. The zero-order valence-electron chi connectivity index (χ0n) is 26.4. The topological polar surface area (TPSA) is 71.9 Å². The number of aromatic nitrogens is 2. The van der Waals surface area contributed by atoms with Gasteiger partial charge in [-0.3, -0.25) is 9.48 Å². The minimum Gasteiger partial charge on any atom is -0.497 e. The van der Waals surface area contributed by atoms with Gasteiger partial charge in [-0.1, -0.05) is 60.7 Å². The van der Waals surface area contributed by atoms with Crippen molar-refractivity contribution in [3.8, 4) is 5.75 Å². The Balaban J connectivity index is 1.32. The molecule has 1 aromatic heterocycles. The molecule has 1 N–H and O–H groups in total. The molecule has 0 fully saturated rings. The van der Waals surface area contributed by atoms with Crippen molar-refractivity contribution < 1.29 is 14.3 Å². The van der Waals surface area contributed by atoms with Gasteiger partial charge in [-0.2, -0.15) is 5.10 Å². The zero-order chi connectivity index (χ0) is 31.4. The van der Waals surface area contributed by atoms with E-state index in [2.05, 4.69) is 75.6 Å². The summed E-state index contributed by atoms with van der Waals surface area (Å²) in [6, 6.07) is 34.6. The summed E-state index contributed by atoms with van der Waals surface area (Å²) >= 11 is 0. The van der Waals surface area contributed by atoms with Crippen LogP contribution in [0.15, 0.2) is 103 Å². The number of rotatable bonds is 10. The molecule has 8 nitrogen and oxygen atoms in total. The Morgan fingerprint density at radius 3 is 2.38 bits per heavy atom. The van der Waals surface area contributed by atoms with Crippen LogP contribution in [0.2, 0.25) is 0 Å². The van der Waals surface area contributed by atoms with Gasteiger partial charge in [0.15, 0.2) is 0 Å². The molecule has 0 aliphatic carbocycles. The van der Waals surface area contributed by atoms with Crippen molar-refractivity contribution in [2.24, 2.45) is 0 Å². The van der Waals surface area contributed by atoms with Crippen molar-refractivity contribution >= 4 is 33.9 Å². The van der Waals surface area contributed by atoms with Crippen molar-refractivity contribution in [3.63, 3.8) is 0 Å². The van der Waals surface area contributed by atoms with Crippen LogP contribution in [0, 0.1) is 0 Å². The van der Waals surface area contributed by atoms with Crippen LogP contribution < -0.4 is 19.9 Å². The minimum absolute atomic E-state index is 0.00876. The monoisotopic (exact) mass is 603 g/mol. The zero-order valence-corrected chi connectivity index (χ0v) is 26.4. The highest BCUT2D eigenvalue weighted by Gasteiger charge is 2.38. The van der Waals surface area contributed by atoms with Gasteiger partial charge in [0, 0.05) is 43.7 Å². The standard InChI is InChI=1S/C37H41N5O3/c1-27(2)42(29-18-20-30(44-3)21-19-29)36(43)24-40-26-37(45-4,25-38-32-15-9-11-17-35(32)40)22-33-31-14-8-10-16-34(31)41(39-33)23-28-12-6-5-7-13-28/h5-21,27,38H,22-26H2,1-4H3. The molecule has 5 aromatic rings. The summed E-state index contributed by atoms with van der Waals surface area (Å²) in [4.78, 5) is 18.1. The van der Waals surface area contributed by atoms with E-state index in [-0.39, 0.29) is 18.5 Å². The normalized spacial score (nSPS) is 16.2. The smallest absolute Gasteiger partial charge is 0.246 e. The third-order valence-electron chi connectivity index (χ3n) is 8.62. The lowest BCUT2D eigenvalue weighted by Gasteiger charge is -2.37.